The summed E-state index contributed by atoms with van der Waals surface area (Å²) in [6, 6.07) is 20.5. The summed E-state index contributed by atoms with van der Waals surface area (Å²) < 4.78 is 13.2. The normalized spacial score (nSPS) is 11.8. The molecule has 2 heterocycles. The van der Waals surface area contributed by atoms with Gasteiger partial charge in [-0.2, -0.15) is 9.50 Å². The second kappa shape index (κ2) is 9.46. The van der Waals surface area contributed by atoms with Gasteiger partial charge in [-0.3, -0.25) is 4.79 Å². The Morgan fingerprint density at radius 2 is 1.85 bits per heavy atom. The molecule has 0 N–H and O–H groups in total. The number of hydrogen-bond donors (Lipinski definition) is 0. The third-order valence-electron chi connectivity index (χ3n) is 5.08. The van der Waals surface area contributed by atoms with Crippen LogP contribution in [0.3, 0.4) is 0 Å². The molecule has 0 aliphatic carbocycles. The van der Waals surface area contributed by atoms with E-state index in [0.29, 0.717) is 49.0 Å². The molecule has 0 spiro atoms. The standard InChI is InChI=1S/C25H17Cl2N3O3S/c1-32-21-11-16(7-10-20(21)33-14-15-5-3-2-4-6-15)12-22-24(31)30-25(34-22)28-23(29-30)18-9-8-17(26)13-19(18)27/h2-13H,14H2,1H3/b22-12-. The highest BCUT2D eigenvalue weighted by molar-refractivity contribution is 7.15. The number of nitrogens with zero attached hydrogens (tertiary/aromatic N) is 3. The van der Waals surface area contributed by atoms with Crippen LogP contribution in [0.4, 0.5) is 0 Å². The van der Waals surface area contributed by atoms with Crippen molar-refractivity contribution < 1.29 is 9.47 Å². The number of thiazole rings is 1. The van der Waals surface area contributed by atoms with E-state index in [4.69, 9.17) is 32.7 Å². The van der Waals surface area contributed by atoms with E-state index in [0.717, 1.165) is 11.1 Å². The Balaban J connectivity index is 1.44. The molecular formula is C25H17Cl2N3O3S. The van der Waals surface area contributed by atoms with Crippen molar-refractivity contribution in [2.24, 2.45) is 0 Å². The molecule has 0 amide bonds. The Morgan fingerprint density at radius 1 is 1.03 bits per heavy atom. The summed E-state index contributed by atoms with van der Waals surface area (Å²) in [5, 5.41) is 5.29. The van der Waals surface area contributed by atoms with E-state index < -0.39 is 0 Å². The van der Waals surface area contributed by atoms with Crippen molar-refractivity contribution in [1.82, 2.24) is 14.6 Å². The van der Waals surface area contributed by atoms with E-state index in [1.807, 2.05) is 48.5 Å². The Labute approximate surface area is 208 Å². The van der Waals surface area contributed by atoms with Crippen molar-refractivity contribution in [3.05, 3.63) is 103 Å². The maximum Gasteiger partial charge on any atom is 0.291 e. The monoisotopic (exact) mass is 509 g/mol. The first-order chi connectivity index (χ1) is 16.5. The fourth-order valence-corrected chi connectivity index (χ4v) is 4.80. The Bertz CT molecular complexity index is 1600. The van der Waals surface area contributed by atoms with Crippen molar-refractivity contribution >= 4 is 45.6 Å². The first-order valence-electron chi connectivity index (χ1n) is 10.2. The lowest BCUT2D eigenvalue weighted by molar-refractivity contribution is 0.284. The molecule has 0 unspecified atom stereocenters. The molecule has 34 heavy (non-hydrogen) atoms. The number of rotatable bonds is 6. The van der Waals surface area contributed by atoms with Gasteiger partial charge in [0.25, 0.3) is 5.56 Å². The Morgan fingerprint density at radius 3 is 2.59 bits per heavy atom. The molecule has 0 bridgehead atoms. The fourth-order valence-electron chi connectivity index (χ4n) is 3.40. The van der Waals surface area contributed by atoms with Gasteiger partial charge in [-0.15, -0.1) is 5.10 Å². The zero-order valence-corrected chi connectivity index (χ0v) is 20.2. The molecule has 0 aliphatic rings. The van der Waals surface area contributed by atoms with Gasteiger partial charge >= 0.3 is 0 Å². The molecule has 2 aromatic heterocycles. The number of hydrogen-bond acceptors (Lipinski definition) is 6. The van der Waals surface area contributed by atoms with Gasteiger partial charge in [0.1, 0.15) is 6.61 Å². The van der Waals surface area contributed by atoms with Crippen molar-refractivity contribution in [3.63, 3.8) is 0 Å². The predicted octanol–water partition coefficient (Wildman–Crippen LogP) is 5.26. The lowest BCUT2D eigenvalue weighted by atomic mass is 10.2. The van der Waals surface area contributed by atoms with Crippen molar-refractivity contribution in [3.8, 4) is 22.9 Å². The van der Waals surface area contributed by atoms with Crippen molar-refractivity contribution in [2.75, 3.05) is 7.11 Å². The van der Waals surface area contributed by atoms with Crippen LogP contribution in [0.2, 0.25) is 10.0 Å². The van der Waals surface area contributed by atoms with Gasteiger partial charge in [-0.25, -0.2) is 0 Å². The number of ether oxygens (including phenoxy) is 2. The summed E-state index contributed by atoms with van der Waals surface area (Å²) in [6.07, 6.45) is 1.78. The Kier molecular flexibility index (Phi) is 6.24. The van der Waals surface area contributed by atoms with Gasteiger partial charge in [-0.05, 0) is 47.5 Å². The van der Waals surface area contributed by atoms with Crippen LogP contribution in [0.1, 0.15) is 11.1 Å². The molecule has 0 radical (unpaired) electrons. The second-order valence-corrected chi connectivity index (χ2v) is 9.21. The van der Waals surface area contributed by atoms with Crippen LogP contribution in [-0.4, -0.2) is 21.7 Å². The van der Waals surface area contributed by atoms with E-state index in [9.17, 15) is 4.79 Å². The highest BCUT2D eigenvalue weighted by Gasteiger charge is 2.15. The SMILES string of the molecule is COc1cc(/C=c2\sc3nc(-c4ccc(Cl)cc4Cl)nn3c2=O)ccc1OCc1ccccc1. The number of benzene rings is 3. The van der Waals surface area contributed by atoms with Crippen LogP contribution in [0.5, 0.6) is 11.5 Å². The smallest absolute Gasteiger partial charge is 0.291 e. The molecule has 0 saturated heterocycles. The average molecular weight is 510 g/mol. The largest absolute Gasteiger partial charge is 0.493 e. The predicted molar refractivity (Wildman–Crippen MR) is 135 cm³/mol. The van der Waals surface area contributed by atoms with E-state index >= 15 is 0 Å². The molecule has 5 rings (SSSR count). The molecule has 6 nitrogen and oxygen atoms in total. The number of fused-ring (bicyclic) bond motifs is 1. The van der Waals surface area contributed by atoms with Gasteiger partial charge in [0, 0.05) is 10.6 Å². The third kappa shape index (κ3) is 4.50. The first-order valence-corrected chi connectivity index (χ1v) is 11.8. The van der Waals surface area contributed by atoms with Crippen LogP contribution < -0.4 is 19.6 Å². The number of halogens is 2. The quantitative estimate of drug-likeness (QED) is 0.312. The molecule has 0 aliphatic heterocycles. The van der Waals surface area contributed by atoms with Crippen LogP contribution in [0.25, 0.3) is 22.4 Å². The van der Waals surface area contributed by atoms with E-state index in [1.165, 1.54) is 15.9 Å². The molecule has 3 aromatic carbocycles. The van der Waals surface area contributed by atoms with E-state index in [2.05, 4.69) is 10.1 Å². The number of methoxy groups -OCH3 is 1. The van der Waals surface area contributed by atoms with Gasteiger partial charge in [-0.1, -0.05) is 70.9 Å². The lowest BCUT2D eigenvalue weighted by Crippen LogP contribution is -2.23. The van der Waals surface area contributed by atoms with Crippen LogP contribution in [0, 0.1) is 0 Å². The highest BCUT2D eigenvalue weighted by atomic mass is 35.5. The number of aromatic nitrogens is 3. The minimum atomic E-state index is -0.257. The van der Waals surface area contributed by atoms with Gasteiger partial charge in [0.15, 0.2) is 17.3 Å². The van der Waals surface area contributed by atoms with E-state index in [-0.39, 0.29) is 5.56 Å². The lowest BCUT2D eigenvalue weighted by Gasteiger charge is -2.11. The molecule has 9 heteroatoms. The van der Waals surface area contributed by atoms with Crippen molar-refractivity contribution in [1.29, 1.82) is 0 Å². The van der Waals surface area contributed by atoms with Crippen LogP contribution >= 0.6 is 34.5 Å². The fraction of sp³-hybridized carbons (Fsp3) is 0.0800. The minimum Gasteiger partial charge on any atom is -0.493 e. The van der Waals surface area contributed by atoms with Crippen LogP contribution in [0.15, 0.2) is 71.5 Å². The molecule has 170 valence electrons. The Hall–Kier alpha value is -3.39. The topological polar surface area (TPSA) is 65.7 Å². The molecule has 0 fully saturated rings. The summed E-state index contributed by atoms with van der Waals surface area (Å²) in [4.78, 5) is 17.9. The molecule has 0 saturated carbocycles. The molecule has 5 aromatic rings. The summed E-state index contributed by atoms with van der Waals surface area (Å²) in [7, 11) is 1.58. The van der Waals surface area contributed by atoms with Crippen molar-refractivity contribution in [2.45, 2.75) is 6.61 Å². The van der Waals surface area contributed by atoms with E-state index in [1.54, 1.807) is 31.4 Å². The summed E-state index contributed by atoms with van der Waals surface area (Å²) in [6.45, 7) is 0.429. The van der Waals surface area contributed by atoms with Crippen LogP contribution in [-0.2, 0) is 6.61 Å². The maximum absolute atomic E-state index is 12.9. The maximum atomic E-state index is 12.9. The summed E-state index contributed by atoms with van der Waals surface area (Å²) >= 11 is 13.5. The zero-order valence-electron chi connectivity index (χ0n) is 17.9. The average Bonchev–Trinajstić information content (AvgIpc) is 3.37. The van der Waals surface area contributed by atoms with Gasteiger partial charge in [0.2, 0.25) is 4.96 Å². The summed E-state index contributed by atoms with van der Waals surface area (Å²) in [5.41, 5.74) is 2.21. The zero-order chi connectivity index (χ0) is 23.7. The molecular weight excluding hydrogens is 493 g/mol. The van der Waals surface area contributed by atoms with Gasteiger partial charge < -0.3 is 9.47 Å². The summed E-state index contributed by atoms with van der Waals surface area (Å²) in [5.74, 6) is 1.58. The third-order valence-corrected chi connectivity index (χ3v) is 6.58. The first kappa shape index (κ1) is 22.4. The second-order valence-electron chi connectivity index (χ2n) is 7.35. The highest BCUT2D eigenvalue weighted by Crippen LogP contribution is 2.30. The molecule has 0 atom stereocenters. The van der Waals surface area contributed by atoms with Gasteiger partial charge in [0.05, 0.1) is 16.7 Å². The minimum absolute atomic E-state index is 0.257.